The average Bonchev–Trinajstić information content (AvgIpc) is 3.13. The van der Waals surface area contributed by atoms with Crippen LogP contribution in [0.25, 0.3) is 0 Å². The number of carbonyl (C=O) groups is 2. The third kappa shape index (κ3) is 1.20. The Morgan fingerprint density at radius 2 is 1.40 bits per heavy atom. The second-order valence-electron chi connectivity index (χ2n) is 9.01. The van der Waals surface area contributed by atoms with Crippen LogP contribution in [-0.4, -0.2) is 37.4 Å². The fourth-order valence-electron chi connectivity index (χ4n) is 8.48. The van der Waals surface area contributed by atoms with Crippen LogP contribution in [-0.2, 0) is 23.8 Å². The average molecular weight is 344 g/mol. The molecule has 0 aromatic heterocycles. The standard InChI is InChI=1S/C20H24O5/c1-23-16(21)12-13(17(22)24-2)15-18(7-3-4-8-18)14(12)19-10-5-6-11(9-10)20(15,19)25-19/h10-11,14-15H,3-9H2,1-2H3/t10-,11-,14-,15-,19-,20-/m0/s1. The van der Waals surface area contributed by atoms with Crippen molar-refractivity contribution in [3.05, 3.63) is 11.1 Å². The summed E-state index contributed by atoms with van der Waals surface area (Å²) in [6.45, 7) is 0. The summed E-state index contributed by atoms with van der Waals surface area (Å²) in [4.78, 5) is 25.6. The minimum atomic E-state index is -0.347. The molecule has 134 valence electrons. The zero-order valence-electron chi connectivity index (χ0n) is 14.8. The molecule has 5 fully saturated rings. The maximum atomic E-state index is 12.8. The zero-order valence-corrected chi connectivity index (χ0v) is 14.8. The maximum Gasteiger partial charge on any atom is 0.334 e. The molecule has 0 radical (unpaired) electrons. The van der Waals surface area contributed by atoms with Crippen molar-refractivity contribution in [2.75, 3.05) is 14.2 Å². The predicted octanol–water partition coefficient (Wildman–Crippen LogP) is 2.39. The van der Waals surface area contributed by atoms with Gasteiger partial charge in [-0.05, 0) is 49.4 Å². The first-order chi connectivity index (χ1) is 12.1. The Kier molecular flexibility index (Phi) is 2.44. The second-order valence-corrected chi connectivity index (χ2v) is 9.01. The van der Waals surface area contributed by atoms with Gasteiger partial charge in [-0.1, -0.05) is 12.8 Å². The van der Waals surface area contributed by atoms with Crippen molar-refractivity contribution < 1.29 is 23.8 Å². The van der Waals surface area contributed by atoms with Crippen molar-refractivity contribution in [1.82, 2.24) is 0 Å². The van der Waals surface area contributed by atoms with E-state index in [0.717, 1.165) is 12.8 Å². The largest absolute Gasteiger partial charge is 0.466 e. The van der Waals surface area contributed by atoms with E-state index in [4.69, 9.17) is 14.2 Å². The van der Waals surface area contributed by atoms with Crippen molar-refractivity contribution in [3.8, 4) is 0 Å². The monoisotopic (exact) mass is 344 g/mol. The lowest BCUT2D eigenvalue weighted by atomic mass is 9.68. The summed E-state index contributed by atoms with van der Waals surface area (Å²) < 4.78 is 16.9. The van der Waals surface area contributed by atoms with E-state index in [1.54, 1.807) is 0 Å². The van der Waals surface area contributed by atoms with Crippen molar-refractivity contribution >= 4 is 11.9 Å². The van der Waals surface area contributed by atoms with Crippen LogP contribution in [0.5, 0.6) is 0 Å². The van der Waals surface area contributed by atoms with Crippen LogP contribution in [0.3, 0.4) is 0 Å². The van der Waals surface area contributed by atoms with E-state index >= 15 is 0 Å². The molecule has 0 amide bonds. The molecular formula is C20H24O5. The van der Waals surface area contributed by atoms with Gasteiger partial charge < -0.3 is 14.2 Å². The lowest BCUT2D eigenvalue weighted by Gasteiger charge is -2.38. The summed E-state index contributed by atoms with van der Waals surface area (Å²) >= 11 is 0. The van der Waals surface area contributed by atoms with Crippen LogP contribution in [0.4, 0.5) is 0 Å². The van der Waals surface area contributed by atoms with Crippen LogP contribution >= 0.6 is 0 Å². The van der Waals surface area contributed by atoms with Crippen molar-refractivity contribution in [2.45, 2.75) is 56.1 Å². The number of rotatable bonds is 2. The molecule has 4 bridgehead atoms. The van der Waals surface area contributed by atoms with Gasteiger partial charge in [-0.3, -0.25) is 0 Å². The Labute approximate surface area is 147 Å². The van der Waals surface area contributed by atoms with E-state index in [0.29, 0.717) is 23.0 Å². The Morgan fingerprint density at radius 3 is 1.84 bits per heavy atom. The summed E-state index contributed by atoms with van der Waals surface area (Å²) in [6, 6.07) is 0. The highest BCUT2D eigenvalue weighted by atomic mass is 16.6. The fourth-order valence-corrected chi connectivity index (χ4v) is 8.48. The van der Waals surface area contributed by atoms with Gasteiger partial charge in [-0.15, -0.1) is 0 Å². The van der Waals surface area contributed by atoms with E-state index in [1.807, 2.05) is 0 Å². The van der Waals surface area contributed by atoms with Gasteiger partial charge in [-0.2, -0.15) is 0 Å². The van der Waals surface area contributed by atoms with E-state index < -0.39 is 0 Å². The van der Waals surface area contributed by atoms with E-state index in [1.165, 1.54) is 46.3 Å². The molecular weight excluding hydrogens is 320 g/mol. The van der Waals surface area contributed by atoms with Gasteiger partial charge >= 0.3 is 11.9 Å². The summed E-state index contributed by atoms with van der Waals surface area (Å²) in [6.07, 6.45) is 8.15. The van der Waals surface area contributed by atoms with Crippen LogP contribution in [0.15, 0.2) is 11.1 Å². The third-order valence-corrected chi connectivity index (χ3v) is 8.77. The number of fused-ring (bicyclic) bond motifs is 2. The summed E-state index contributed by atoms with van der Waals surface area (Å²) in [5, 5.41) is 0. The molecule has 6 aliphatic rings. The first-order valence-electron chi connectivity index (χ1n) is 9.69. The third-order valence-electron chi connectivity index (χ3n) is 8.77. The smallest absolute Gasteiger partial charge is 0.334 e. The maximum absolute atomic E-state index is 12.8. The molecule has 25 heavy (non-hydrogen) atoms. The van der Waals surface area contributed by atoms with Crippen molar-refractivity contribution in [3.63, 3.8) is 0 Å². The van der Waals surface area contributed by atoms with Crippen LogP contribution in [0, 0.1) is 29.1 Å². The van der Waals surface area contributed by atoms with Gasteiger partial charge in [0.2, 0.25) is 0 Å². The zero-order chi connectivity index (χ0) is 17.2. The first-order valence-corrected chi connectivity index (χ1v) is 9.69. The number of epoxide rings is 1. The minimum Gasteiger partial charge on any atom is -0.466 e. The molecule has 1 heterocycles. The Hall–Kier alpha value is -1.36. The predicted molar refractivity (Wildman–Crippen MR) is 86.3 cm³/mol. The molecule has 6 rings (SSSR count). The fraction of sp³-hybridized carbons (Fsp3) is 0.800. The Balaban J connectivity index is 1.62. The van der Waals surface area contributed by atoms with Crippen molar-refractivity contribution in [1.29, 1.82) is 0 Å². The van der Waals surface area contributed by atoms with Gasteiger partial charge in [0, 0.05) is 11.8 Å². The lowest BCUT2D eigenvalue weighted by molar-refractivity contribution is -0.140. The topological polar surface area (TPSA) is 65.1 Å². The van der Waals surface area contributed by atoms with E-state index in [2.05, 4.69) is 0 Å². The highest BCUT2D eigenvalue weighted by Crippen LogP contribution is 2.90. The second kappa shape index (κ2) is 4.13. The van der Waals surface area contributed by atoms with Gasteiger partial charge in [0.05, 0.1) is 25.4 Å². The van der Waals surface area contributed by atoms with Crippen LogP contribution < -0.4 is 0 Å². The normalized spacial score (nSPS) is 49.5. The number of carbonyl (C=O) groups excluding carboxylic acids is 2. The molecule has 6 atom stereocenters. The molecule has 5 nitrogen and oxygen atoms in total. The number of methoxy groups -OCH3 is 2. The van der Waals surface area contributed by atoms with Gasteiger partial charge in [0.15, 0.2) is 0 Å². The molecule has 1 spiro atoms. The van der Waals surface area contributed by atoms with Crippen molar-refractivity contribution in [2.24, 2.45) is 29.1 Å². The molecule has 1 aliphatic heterocycles. The van der Waals surface area contributed by atoms with E-state index in [9.17, 15) is 9.59 Å². The Bertz CT molecular complexity index is 693. The molecule has 5 aliphatic carbocycles. The van der Waals surface area contributed by atoms with Crippen LogP contribution in [0.1, 0.15) is 44.9 Å². The molecule has 0 N–H and O–H groups in total. The van der Waals surface area contributed by atoms with Gasteiger partial charge in [-0.25, -0.2) is 9.59 Å². The Morgan fingerprint density at radius 1 is 0.920 bits per heavy atom. The highest BCUT2D eigenvalue weighted by Gasteiger charge is 2.97. The molecule has 4 saturated carbocycles. The summed E-state index contributed by atoms with van der Waals surface area (Å²) in [7, 11) is 2.83. The quantitative estimate of drug-likeness (QED) is 0.568. The lowest BCUT2D eigenvalue weighted by Crippen LogP contribution is -2.42. The molecule has 0 aromatic rings. The minimum absolute atomic E-state index is 0.0204. The van der Waals surface area contributed by atoms with E-state index in [-0.39, 0.29) is 40.4 Å². The number of hydrogen-bond donors (Lipinski definition) is 0. The highest BCUT2D eigenvalue weighted by molar-refractivity contribution is 6.04. The molecule has 1 saturated heterocycles. The molecule has 5 heteroatoms. The SMILES string of the molecule is COC(=O)C1=C(C(=O)OC)[C@H]2C3(CCCC3)[C@H]1[C@]13O[C@@]21[C@H]1CC[C@H]3C1. The first kappa shape index (κ1) is 14.8. The summed E-state index contributed by atoms with van der Waals surface area (Å²) in [5.41, 5.74) is 0.841. The molecule has 0 aromatic carbocycles. The molecule has 0 unspecified atom stereocenters. The van der Waals surface area contributed by atoms with Gasteiger partial charge in [0.25, 0.3) is 0 Å². The van der Waals surface area contributed by atoms with Crippen LogP contribution in [0.2, 0.25) is 0 Å². The summed E-state index contributed by atoms with van der Waals surface area (Å²) in [5.74, 6) is 0.460. The number of esters is 2. The number of hydrogen-bond acceptors (Lipinski definition) is 5. The van der Waals surface area contributed by atoms with Gasteiger partial charge in [0.1, 0.15) is 11.2 Å². The number of ether oxygens (including phenoxy) is 3.